The molecule has 1 heterocycles. The minimum Gasteiger partial charge on any atom is -0.455 e. The van der Waals surface area contributed by atoms with Crippen LogP contribution in [-0.4, -0.2) is 11.7 Å². The lowest BCUT2D eigenvalue weighted by Crippen LogP contribution is -2.18. The van der Waals surface area contributed by atoms with Gasteiger partial charge in [-0.15, -0.1) is 0 Å². The van der Waals surface area contributed by atoms with Gasteiger partial charge in [0, 0.05) is 33.0 Å². The predicted octanol–water partition coefficient (Wildman–Crippen LogP) is 11.1. The number of para-hydroxylation sites is 1. The first-order valence-electron chi connectivity index (χ1n) is 16.0. The fourth-order valence-electron chi connectivity index (χ4n) is 7.16. The summed E-state index contributed by atoms with van der Waals surface area (Å²) in [6.45, 7) is 0. The quantitative estimate of drug-likeness (QED) is 0.117. The van der Waals surface area contributed by atoms with Crippen molar-refractivity contribution in [1.29, 1.82) is 5.41 Å². The van der Waals surface area contributed by atoms with E-state index in [0.29, 0.717) is 11.4 Å². The Morgan fingerprint density at radius 3 is 1.77 bits per heavy atom. The van der Waals surface area contributed by atoms with Crippen molar-refractivity contribution in [3.63, 3.8) is 0 Å². The second kappa shape index (κ2) is 11.1. The maximum atomic E-state index is 8.77. The van der Waals surface area contributed by atoms with Crippen LogP contribution in [0.4, 0.5) is 0 Å². The number of nitrogens with two attached hydrogens (primary N) is 1. The lowest BCUT2D eigenvalue weighted by Gasteiger charge is -2.18. The van der Waals surface area contributed by atoms with E-state index in [1.165, 1.54) is 5.39 Å². The zero-order valence-electron chi connectivity index (χ0n) is 25.9. The number of nitrogens with zero attached hydrogens (tertiary/aromatic N) is 1. The molecule has 226 valence electrons. The van der Waals surface area contributed by atoms with Crippen molar-refractivity contribution < 1.29 is 4.42 Å². The molecule has 0 saturated carbocycles. The fraction of sp³-hybridized carbons (Fsp3) is 0. The highest BCUT2D eigenvalue weighted by Crippen LogP contribution is 2.43. The minimum absolute atomic E-state index is 0.123. The zero-order valence-corrected chi connectivity index (χ0v) is 25.9. The van der Waals surface area contributed by atoms with Crippen LogP contribution < -0.4 is 5.73 Å². The summed E-state index contributed by atoms with van der Waals surface area (Å²) in [7, 11) is 0. The Labute approximate surface area is 276 Å². The Hall–Kier alpha value is -6.52. The third-order valence-electron chi connectivity index (χ3n) is 9.32. The molecule has 9 rings (SSSR count). The molecule has 4 nitrogen and oxygen atoms in total. The molecule has 0 unspecified atom stereocenters. The second-order valence-corrected chi connectivity index (χ2v) is 12.1. The summed E-state index contributed by atoms with van der Waals surface area (Å²) in [5.41, 5.74) is 14.4. The summed E-state index contributed by atoms with van der Waals surface area (Å²) >= 11 is 0. The molecule has 0 amide bonds. The molecule has 3 N–H and O–H groups in total. The Morgan fingerprint density at radius 2 is 1.04 bits per heavy atom. The summed E-state index contributed by atoms with van der Waals surface area (Å²) in [4.78, 5) is 4.68. The molecule has 0 saturated heterocycles. The van der Waals surface area contributed by atoms with E-state index in [9.17, 15) is 0 Å². The van der Waals surface area contributed by atoms with Crippen LogP contribution in [0.1, 0.15) is 11.1 Å². The van der Waals surface area contributed by atoms with Crippen LogP contribution in [0.25, 0.3) is 76.5 Å². The van der Waals surface area contributed by atoms with Crippen LogP contribution >= 0.6 is 0 Å². The standard InChI is InChI=1S/C44H29N3O/c45-43(29-12-2-1-3-13-29)47-44(46)41-36-20-9-7-17-33(36)32-16-6-8-19-35(32)39(41)27-22-24-28(25-23-27)40-31-15-5-4-14-30(31)26-37-34-18-10-11-21-38(34)48-42(37)40/h1-26H,(H3,45,46,47). The van der Waals surface area contributed by atoms with Crippen molar-refractivity contribution in [2.45, 2.75) is 0 Å². The van der Waals surface area contributed by atoms with E-state index < -0.39 is 0 Å². The highest BCUT2D eigenvalue weighted by Gasteiger charge is 2.21. The fourth-order valence-corrected chi connectivity index (χ4v) is 7.16. The molecule has 0 bridgehead atoms. The van der Waals surface area contributed by atoms with Crippen LogP contribution in [0.5, 0.6) is 0 Å². The summed E-state index contributed by atoms with van der Waals surface area (Å²) in [6, 6.07) is 53.9. The molecule has 0 aliphatic rings. The number of fused-ring (bicyclic) bond motifs is 7. The summed E-state index contributed by atoms with van der Waals surface area (Å²) in [6.07, 6.45) is 0. The molecule has 4 heteroatoms. The van der Waals surface area contributed by atoms with Gasteiger partial charge in [0.05, 0.1) is 0 Å². The van der Waals surface area contributed by atoms with Gasteiger partial charge in [-0.25, -0.2) is 4.99 Å². The number of benzene rings is 8. The van der Waals surface area contributed by atoms with E-state index >= 15 is 0 Å². The molecular formula is C44H29N3O. The lowest BCUT2D eigenvalue weighted by molar-refractivity contribution is 0.670. The van der Waals surface area contributed by atoms with Crippen molar-refractivity contribution in [2.24, 2.45) is 10.7 Å². The van der Waals surface area contributed by atoms with Crippen molar-refractivity contribution in [2.75, 3.05) is 0 Å². The first-order valence-corrected chi connectivity index (χ1v) is 16.0. The number of hydrogen-bond donors (Lipinski definition) is 2. The van der Waals surface area contributed by atoms with Gasteiger partial charge >= 0.3 is 0 Å². The first kappa shape index (κ1) is 27.8. The SMILES string of the molecule is N=C(/N=C(\N)c1c(-c2ccc(-c3c4ccccc4cc4c3oc3ccccc34)cc2)c2ccccc2c2ccccc12)c1ccccc1. The van der Waals surface area contributed by atoms with Crippen LogP contribution in [0.15, 0.2) is 167 Å². The van der Waals surface area contributed by atoms with E-state index in [2.05, 4.69) is 114 Å². The highest BCUT2D eigenvalue weighted by atomic mass is 16.3. The number of nitrogens with one attached hydrogen (secondary N) is 1. The molecule has 1 aromatic heterocycles. The Morgan fingerprint density at radius 1 is 0.500 bits per heavy atom. The van der Waals surface area contributed by atoms with E-state index in [1.807, 2.05) is 48.5 Å². The maximum absolute atomic E-state index is 8.77. The number of furan rings is 1. The Kier molecular flexibility index (Phi) is 6.41. The van der Waals surface area contributed by atoms with Gasteiger partial charge in [-0.2, -0.15) is 0 Å². The average Bonchev–Trinajstić information content (AvgIpc) is 3.51. The van der Waals surface area contributed by atoms with Crippen molar-refractivity contribution >= 4 is 65.9 Å². The molecular weight excluding hydrogens is 587 g/mol. The molecule has 0 radical (unpaired) electrons. The normalized spacial score (nSPS) is 12.0. The second-order valence-electron chi connectivity index (χ2n) is 12.1. The topological polar surface area (TPSA) is 75.4 Å². The van der Waals surface area contributed by atoms with Gasteiger partial charge in [-0.1, -0.05) is 146 Å². The van der Waals surface area contributed by atoms with Gasteiger partial charge < -0.3 is 10.2 Å². The first-order chi connectivity index (χ1) is 23.7. The van der Waals surface area contributed by atoms with Gasteiger partial charge in [0.2, 0.25) is 0 Å². The van der Waals surface area contributed by atoms with E-state index in [0.717, 1.165) is 76.7 Å². The molecule has 0 spiro atoms. The Balaban J connectivity index is 1.29. The summed E-state index contributed by atoms with van der Waals surface area (Å²) in [5, 5.41) is 17.6. The molecule has 9 aromatic rings. The van der Waals surface area contributed by atoms with Crippen LogP contribution in [0, 0.1) is 5.41 Å². The lowest BCUT2D eigenvalue weighted by atomic mass is 9.86. The van der Waals surface area contributed by atoms with Crippen molar-refractivity contribution in [3.8, 4) is 22.3 Å². The zero-order chi connectivity index (χ0) is 32.2. The molecule has 0 aliphatic heterocycles. The largest absolute Gasteiger partial charge is 0.455 e. The van der Waals surface area contributed by atoms with Gasteiger partial charge in [-0.3, -0.25) is 5.41 Å². The molecule has 0 atom stereocenters. The predicted molar refractivity (Wildman–Crippen MR) is 201 cm³/mol. The van der Waals surface area contributed by atoms with E-state index in [1.54, 1.807) is 0 Å². The summed E-state index contributed by atoms with van der Waals surface area (Å²) in [5.74, 6) is 0.431. The van der Waals surface area contributed by atoms with Crippen LogP contribution in [0.3, 0.4) is 0 Å². The smallest absolute Gasteiger partial charge is 0.154 e. The number of amidine groups is 2. The third-order valence-corrected chi connectivity index (χ3v) is 9.32. The monoisotopic (exact) mass is 615 g/mol. The molecule has 48 heavy (non-hydrogen) atoms. The van der Waals surface area contributed by atoms with Crippen LogP contribution in [0.2, 0.25) is 0 Å². The molecule has 8 aromatic carbocycles. The van der Waals surface area contributed by atoms with Gasteiger partial charge in [-0.05, 0) is 55.6 Å². The number of hydrogen-bond acceptors (Lipinski definition) is 2. The van der Waals surface area contributed by atoms with E-state index in [-0.39, 0.29) is 5.84 Å². The van der Waals surface area contributed by atoms with E-state index in [4.69, 9.17) is 15.6 Å². The van der Waals surface area contributed by atoms with Gasteiger partial charge in [0.15, 0.2) is 5.84 Å². The molecule has 0 fully saturated rings. The maximum Gasteiger partial charge on any atom is 0.154 e. The highest BCUT2D eigenvalue weighted by molar-refractivity contribution is 6.26. The van der Waals surface area contributed by atoms with Gasteiger partial charge in [0.1, 0.15) is 17.0 Å². The Bertz CT molecular complexity index is 2740. The summed E-state index contributed by atoms with van der Waals surface area (Å²) < 4.78 is 6.54. The van der Waals surface area contributed by atoms with Gasteiger partial charge in [0.25, 0.3) is 0 Å². The third kappa shape index (κ3) is 4.38. The number of aliphatic imine (C=N–C) groups is 1. The average molecular weight is 616 g/mol. The minimum atomic E-state index is 0.123. The van der Waals surface area contributed by atoms with Crippen molar-refractivity contribution in [1.82, 2.24) is 0 Å². The number of rotatable bonds is 4. The van der Waals surface area contributed by atoms with Crippen LogP contribution in [-0.2, 0) is 0 Å². The molecule has 0 aliphatic carbocycles. The van der Waals surface area contributed by atoms with Crippen molar-refractivity contribution in [3.05, 3.63) is 169 Å².